The predicted octanol–water partition coefficient (Wildman–Crippen LogP) is 1.30. The van der Waals surface area contributed by atoms with Crippen molar-refractivity contribution in [2.45, 2.75) is 19.4 Å². The molecule has 102 valence electrons. The van der Waals surface area contributed by atoms with Crippen molar-refractivity contribution in [3.05, 3.63) is 21.1 Å². The Bertz CT molecular complexity index is 369. The zero-order valence-electron chi connectivity index (χ0n) is 10.6. The van der Waals surface area contributed by atoms with E-state index < -0.39 is 4.92 Å². The second kappa shape index (κ2) is 5.32. The highest BCUT2D eigenvalue weighted by Gasteiger charge is 2.37. The summed E-state index contributed by atoms with van der Waals surface area (Å²) in [5.74, 6) is 0.964. The molecule has 0 spiro atoms. The number of hydrogen-bond acceptors (Lipinski definition) is 5. The Morgan fingerprint density at radius 2 is 2.39 bits per heavy atom. The molecule has 2 fully saturated rings. The van der Waals surface area contributed by atoms with Gasteiger partial charge in [0.05, 0.1) is 11.5 Å². The molecule has 0 aliphatic carbocycles. The van der Waals surface area contributed by atoms with Gasteiger partial charge in [0.15, 0.2) is 5.82 Å². The Hall–Kier alpha value is -1.01. The van der Waals surface area contributed by atoms with Crippen LogP contribution >= 0.6 is 11.6 Å². The van der Waals surface area contributed by atoms with Crippen LogP contribution in [0.2, 0.25) is 0 Å². The normalized spacial score (nSPS) is 31.1. The molecule has 0 bridgehead atoms. The van der Waals surface area contributed by atoms with Crippen LogP contribution in [0.15, 0.2) is 11.0 Å². The lowest BCUT2D eigenvalue weighted by Crippen LogP contribution is -2.33. The van der Waals surface area contributed by atoms with E-state index in [0.717, 1.165) is 32.7 Å². The van der Waals surface area contributed by atoms with Crippen LogP contribution in [0.25, 0.3) is 0 Å². The first-order chi connectivity index (χ1) is 8.50. The van der Waals surface area contributed by atoms with Gasteiger partial charge in [-0.1, -0.05) is 0 Å². The van der Waals surface area contributed by atoms with Gasteiger partial charge in [-0.05, 0) is 24.9 Å². The molecular weight excluding hydrogens is 258 g/mol. The van der Waals surface area contributed by atoms with E-state index in [-0.39, 0.29) is 11.2 Å². The van der Waals surface area contributed by atoms with Crippen LogP contribution in [0.1, 0.15) is 13.3 Å². The lowest BCUT2D eigenvalue weighted by atomic mass is 10.1. The maximum atomic E-state index is 10.9. The van der Waals surface area contributed by atoms with Crippen molar-refractivity contribution in [2.24, 2.45) is 5.92 Å². The first kappa shape index (κ1) is 13.4. The van der Waals surface area contributed by atoms with Gasteiger partial charge >= 0.3 is 5.16 Å². The van der Waals surface area contributed by atoms with Gasteiger partial charge in [0.1, 0.15) is 0 Å². The Labute approximate surface area is 111 Å². The molecule has 2 atom stereocenters. The van der Waals surface area contributed by atoms with E-state index in [1.54, 1.807) is 0 Å². The maximum Gasteiger partial charge on any atom is 0.377 e. The molecule has 0 radical (unpaired) electrons. The van der Waals surface area contributed by atoms with E-state index in [0.29, 0.717) is 11.7 Å². The van der Waals surface area contributed by atoms with E-state index in [4.69, 9.17) is 16.3 Å². The van der Waals surface area contributed by atoms with Crippen molar-refractivity contribution in [3.8, 4) is 0 Å². The minimum Gasteiger partial charge on any atom is -0.381 e. The topological polar surface area (TPSA) is 58.8 Å². The van der Waals surface area contributed by atoms with Crippen molar-refractivity contribution in [2.75, 3.05) is 33.4 Å². The lowest BCUT2D eigenvalue weighted by Gasteiger charge is -2.26. The third kappa shape index (κ3) is 2.54. The highest BCUT2D eigenvalue weighted by Crippen LogP contribution is 2.29. The van der Waals surface area contributed by atoms with Crippen molar-refractivity contribution in [1.82, 2.24) is 9.80 Å². The van der Waals surface area contributed by atoms with Crippen molar-refractivity contribution >= 4 is 11.6 Å². The number of rotatable bonds is 3. The predicted molar refractivity (Wildman–Crippen MR) is 67.6 cm³/mol. The van der Waals surface area contributed by atoms with Crippen molar-refractivity contribution in [1.29, 1.82) is 0 Å². The molecule has 7 heteroatoms. The summed E-state index contributed by atoms with van der Waals surface area (Å²) < 4.78 is 5.35. The van der Waals surface area contributed by atoms with E-state index in [1.165, 1.54) is 0 Å². The average Bonchev–Trinajstić information content (AvgIpc) is 2.88. The number of hydrogen-bond donors (Lipinski definition) is 0. The third-order valence-corrected chi connectivity index (χ3v) is 3.83. The first-order valence-electron chi connectivity index (χ1n) is 6.10. The smallest absolute Gasteiger partial charge is 0.377 e. The molecule has 2 aliphatic rings. The number of likely N-dealkylation sites (N-methyl/N-ethyl adjacent to an activating group) is 1. The number of nitro groups is 1. The van der Waals surface area contributed by atoms with Gasteiger partial charge in [-0.25, -0.2) is 0 Å². The minimum atomic E-state index is -0.524. The molecule has 0 aromatic heterocycles. The quantitative estimate of drug-likeness (QED) is 0.441. The number of ether oxygens (including phenoxy) is 1. The summed E-state index contributed by atoms with van der Waals surface area (Å²) in [7, 11) is 1.84. The zero-order chi connectivity index (χ0) is 13.3. The van der Waals surface area contributed by atoms with Gasteiger partial charge in [0.25, 0.3) is 0 Å². The summed E-state index contributed by atoms with van der Waals surface area (Å²) in [6.45, 7) is 5.10. The summed E-state index contributed by atoms with van der Waals surface area (Å²) in [5.41, 5.74) is 0. The number of halogens is 1. The summed E-state index contributed by atoms with van der Waals surface area (Å²) in [6, 6.07) is 0.235. The number of nitrogens with zero attached hydrogens (tertiary/aromatic N) is 3. The molecule has 2 aliphatic heterocycles. The van der Waals surface area contributed by atoms with Crippen molar-refractivity contribution < 1.29 is 9.66 Å². The molecule has 0 amide bonds. The fourth-order valence-electron chi connectivity index (χ4n) is 2.64. The molecule has 6 nitrogen and oxygen atoms in total. The van der Waals surface area contributed by atoms with Gasteiger partial charge in [0.2, 0.25) is 0 Å². The Morgan fingerprint density at radius 3 is 2.94 bits per heavy atom. The van der Waals surface area contributed by atoms with Gasteiger partial charge in [-0.3, -0.25) is 10.1 Å². The van der Waals surface area contributed by atoms with Crippen LogP contribution in [0.3, 0.4) is 0 Å². The highest BCUT2D eigenvalue weighted by molar-refractivity contribution is 6.28. The van der Waals surface area contributed by atoms with E-state index >= 15 is 0 Å². The summed E-state index contributed by atoms with van der Waals surface area (Å²) in [6.07, 6.45) is 1.01. The second-order valence-corrected chi connectivity index (χ2v) is 5.34. The third-order valence-electron chi connectivity index (χ3n) is 3.53. The maximum absolute atomic E-state index is 10.9. The van der Waals surface area contributed by atoms with Crippen LogP contribution in [-0.2, 0) is 4.74 Å². The van der Waals surface area contributed by atoms with Gasteiger partial charge in [0, 0.05) is 38.7 Å². The fraction of sp³-hybridized carbons (Fsp3) is 0.818. The average molecular weight is 276 g/mol. The van der Waals surface area contributed by atoms with Gasteiger partial charge in [-0.2, -0.15) is 0 Å². The summed E-state index contributed by atoms with van der Waals surface area (Å²) >= 11 is 5.83. The van der Waals surface area contributed by atoms with E-state index in [1.807, 2.05) is 16.8 Å². The standard InChI is InChI=1S/C11H18ClN3O3/c1-8-5-13(2)11(10(12)15(16)17)14(8)6-9-3-4-18-7-9/h8-9H,3-7H2,1-2H3. The Morgan fingerprint density at radius 1 is 1.67 bits per heavy atom. The second-order valence-electron chi connectivity index (χ2n) is 4.98. The monoisotopic (exact) mass is 275 g/mol. The van der Waals surface area contributed by atoms with Crippen LogP contribution in [-0.4, -0.2) is 54.1 Å². The van der Waals surface area contributed by atoms with E-state index in [9.17, 15) is 10.1 Å². The van der Waals surface area contributed by atoms with Crippen LogP contribution in [0.5, 0.6) is 0 Å². The molecule has 2 unspecified atom stereocenters. The molecule has 0 aromatic rings. The molecule has 2 heterocycles. The summed E-state index contributed by atoms with van der Waals surface area (Å²) in [5, 5.41) is 10.6. The van der Waals surface area contributed by atoms with Crippen LogP contribution in [0.4, 0.5) is 0 Å². The summed E-state index contributed by atoms with van der Waals surface area (Å²) in [4.78, 5) is 14.2. The molecule has 2 saturated heterocycles. The Balaban J connectivity index is 2.18. The molecule has 2 rings (SSSR count). The molecule has 18 heavy (non-hydrogen) atoms. The first-order valence-corrected chi connectivity index (χ1v) is 6.48. The molecular formula is C11H18ClN3O3. The minimum absolute atomic E-state index is 0.235. The molecule has 0 saturated carbocycles. The highest BCUT2D eigenvalue weighted by atomic mass is 35.5. The molecule has 0 N–H and O–H groups in total. The van der Waals surface area contributed by atoms with Crippen LogP contribution < -0.4 is 0 Å². The molecule has 0 aromatic carbocycles. The zero-order valence-corrected chi connectivity index (χ0v) is 11.4. The lowest BCUT2D eigenvalue weighted by molar-refractivity contribution is -0.415. The fourth-order valence-corrected chi connectivity index (χ4v) is 2.89. The largest absolute Gasteiger partial charge is 0.381 e. The van der Waals surface area contributed by atoms with Crippen LogP contribution in [0, 0.1) is 16.0 Å². The Kier molecular flexibility index (Phi) is 3.97. The van der Waals surface area contributed by atoms with E-state index in [2.05, 4.69) is 6.92 Å². The SMILES string of the molecule is CC1CN(C)C(=C(Cl)[N+](=O)[O-])N1CC1CCOC1. The van der Waals surface area contributed by atoms with Gasteiger partial charge < -0.3 is 14.5 Å². The van der Waals surface area contributed by atoms with Gasteiger partial charge in [-0.15, -0.1) is 0 Å². The van der Waals surface area contributed by atoms with Crippen molar-refractivity contribution in [3.63, 3.8) is 0 Å².